The van der Waals surface area contributed by atoms with E-state index in [9.17, 15) is 9.59 Å². The van der Waals surface area contributed by atoms with Gasteiger partial charge < -0.3 is 10.6 Å². The molecule has 0 unspecified atom stereocenters. The number of amides is 2. The van der Waals surface area contributed by atoms with Gasteiger partial charge in [0.05, 0.1) is 18.1 Å². The Morgan fingerprint density at radius 3 is 2.62 bits per heavy atom. The first-order valence-corrected chi connectivity index (χ1v) is 8.09. The molecule has 1 aromatic rings. The van der Waals surface area contributed by atoms with Crippen LogP contribution in [0.4, 0.5) is 5.82 Å². The number of hydrogen-bond donors (Lipinski definition) is 4. The summed E-state index contributed by atoms with van der Waals surface area (Å²) in [6.07, 6.45) is 11.2. The zero-order valence-electron chi connectivity index (χ0n) is 13.7. The van der Waals surface area contributed by atoms with E-state index in [0.29, 0.717) is 11.5 Å². The number of nitrogens with one attached hydrogen (secondary N) is 3. The molecule has 2 rings (SSSR count). The molecule has 0 saturated heterocycles. The molecule has 0 radical (unpaired) electrons. The van der Waals surface area contributed by atoms with Crippen molar-refractivity contribution in [3.63, 3.8) is 0 Å². The van der Waals surface area contributed by atoms with Crippen LogP contribution in [0.25, 0.3) is 6.08 Å². The molecule has 2 amide bonds. The van der Waals surface area contributed by atoms with E-state index >= 15 is 0 Å². The Kier molecular flexibility index (Phi) is 6.68. The molecule has 0 bridgehead atoms. The fourth-order valence-electron chi connectivity index (χ4n) is 2.56. The summed E-state index contributed by atoms with van der Waals surface area (Å²) in [4.78, 5) is 31.3. The van der Waals surface area contributed by atoms with Crippen LogP contribution in [0.2, 0.25) is 0 Å². The summed E-state index contributed by atoms with van der Waals surface area (Å²) in [6.45, 7) is 1.78. The SMILES string of the molecule is C[C@@H](Nc1cnc(C=CC(=O)NO)cn1)C(=O)NC1CCCCC1. The van der Waals surface area contributed by atoms with Gasteiger partial charge in [-0.1, -0.05) is 19.3 Å². The van der Waals surface area contributed by atoms with E-state index in [-0.39, 0.29) is 11.9 Å². The van der Waals surface area contributed by atoms with Crippen LogP contribution in [0.1, 0.15) is 44.7 Å². The summed E-state index contributed by atoms with van der Waals surface area (Å²) < 4.78 is 0. The first-order valence-electron chi connectivity index (χ1n) is 8.09. The van der Waals surface area contributed by atoms with Crippen molar-refractivity contribution < 1.29 is 14.8 Å². The summed E-state index contributed by atoms with van der Waals surface area (Å²) >= 11 is 0. The summed E-state index contributed by atoms with van der Waals surface area (Å²) in [5, 5.41) is 14.5. The molecular formula is C16H23N5O3. The summed E-state index contributed by atoms with van der Waals surface area (Å²) in [5.41, 5.74) is 1.95. The standard InChI is InChI=1S/C16H23N5O3/c1-11(16(23)20-12-5-3-2-4-6-12)19-14-10-17-13(9-18-14)7-8-15(22)21-24/h7-12,24H,2-6H2,1H3,(H,18,19)(H,20,23)(H,21,22)/t11-/m1/s1. The highest BCUT2D eigenvalue weighted by Crippen LogP contribution is 2.17. The third kappa shape index (κ3) is 5.62. The van der Waals surface area contributed by atoms with Crippen molar-refractivity contribution in [2.75, 3.05) is 5.32 Å². The van der Waals surface area contributed by atoms with Gasteiger partial charge in [-0.2, -0.15) is 0 Å². The van der Waals surface area contributed by atoms with Gasteiger partial charge in [-0.25, -0.2) is 10.5 Å². The number of hydrogen-bond acceptors (Lipinski definition) is 6. The first-order chi connectivity index (χ1) is 11.6. The van der Waals surface area contributed by atoms with Crippen LogP contribution in [0.3, 0.4) is 0 Å². The maximum absolute atomic E-state index is 12.2. The molecule has 1 atom stereocenters. The minimum absolute atomic E-state index is 0.0488. The van der Waals surface area contributed by atoms with Gasteiger partial charge in [0.2, 0.25) is 5.91 Å². The predicted molar refractivity (Wildman–Crippen MR) is 89.1 cm³/mol. The molecule has 8 heteroatoms. The third-order valence-electron chi connectivity index (χ3n) is 3.90. The molecule has 0 aromatic carbocycles. The van der Waals surface area contributed by atoms with Crippen LogP contribution in [0, 0.1) is 0 Å². The van der Waals surface area contributed by atoms with E-state index in [4.69, 9.17) is 5.21 Å². The number of aromatic nitrogens is 2. The second-order valence-electron chi connectivity index (χ2n) is 5.85. The van der Waals surface area contributed by atoms with Crippen molar-refractivity contribution in [2.45, 2.75) is 51.1 Å². The quantitative estimate of drug-likeness (QED) is 0.354. The van der Waals surface area contributed by atoms with Crippen molar-refractivity contribution in [3.05, 3.63) is 24.2 Å². The Bertz CT molecular complexity index is 582. The van der Waals surface area contributed by atoms with Gasteiger partial charge in [0, 0.05) is 12.1 Å². The maximum Gasteiger partial charge on any atom is 0.267 e. The lowest BCUT2D eigenvalue weighted by Gasteiger charge is -2.24. The number of hydroxylamine groups is 1. The summed E-state index contributed by atoms with van der Waals surface area (Å²) in [6, 6.07) is -0.144. The lowest BCUT2D eigenvalue weighted by atomic mass is 9.95. The molecule has 1 aliphatic rings. The Balaban J connectivity index is 1.84. The highest BCUT2D eigenvalue weighted by Gasteiger charge is 2.19. The number of nitrogens with zero attached hydrogens (tertiary/aromatic N) is 2. The van der Waals surface area contributed by atoms with Gasteiger partial charge in [-0.05, 0) is 25.8 Å². The Labute approximate surface area is 140 Å². The van der Waals surface area contributed by atoms with Crippen LogP contribution >= 0.6 is 0 Å². The van der Waals surface area contributed by atoms with E-state index in [1.807, 2.05) is 0 Å². The van der Waals surface area contributed by atoms with Gasteiger partial charge in [-0.15, -0.1) is 0 Å². The minimum Gasteiger partial charge on any atom is -0.357 e. The lowest BCUT2D eigenvalue weighted by molar-refractivity contribution is -0.124. The Morgan fingerprint density at radius 1 is 1.25 bits per heavy atom. The van der Waals surface area contributed by atoms with Crippen molar-refractivity contribution >= 4 is 23.7 Å². The van der Waals surface area contributed by atoms with Gasteiger partial charge in [-0.3, -0.25) is 19.8 Å². The van der Waals surface area contributed by atoms with E-state index in [1.165, 1.54) is 43.2 Å². The minimum atomic E-state index is -0.646. The van der Waals surface area contributed by atoms with Crippen molar-refractivity contribution in [1.82, 2.24) is 20.8 Å². The fraction of sp³-hybridized carbons (Fsp3) is 0.500. The van der Waals surface area contributed by atoms with Crippen LogP contribution in [0.5, 0.6) is 0 Å². The molecule has 1 fully saturated rings. The van der Waals surface area contributed by atoms with Crippen LogP contribution in [-0.2, 0) is 9.59 Å². The van der Waals surface area contributed by atoms with Gasteiger partial charge in [0.15, 0.2) is 0 Å². The van der Waals surface area contributed by atoms with E-state index < -0.39 is 11.9 Å². The molecule has 0 aliphatic heterocycles. The zero-order valence-corrected chi connectivity index (χ0v) is 13.7. The van der Waals surface area contributed by atoms with Crippen LogP contribution in [-0.4, -0.2) is 39.1 Å². The largest absolute Gasteiger partial charge is 0.357 e. The third-order valence-corrected chi connectivity index (χ3v) is 3.90. The topological polar surface area (TPSA) is 116 Å². The highest BCUT2D eigenvalue weighted by molar-refractivity contribution is 5.90. The number of carbonyl (C=O) groups is 2. The van der Waals surface area contributed by atoms with Gasteiger partial charge in [0.25, 0.3) is 5.91 Å². The molecule has 4 N–H and O–H groups in total. The molecule has 8 nitrogen and oxygen atoms in total. The summed E-state index contributed by atoms with van der Waals surface area (Å²) in [5.74, 6) is -0.218. The lowest BCUT2D eigenvalue weighted by Crippen LogP contribution is -2.44. The Hall–Kier alpha value is -2.48. The van der Waals surface area contributed by atoms with E-state index in [2.05, 4.69) is 20.6 Å². The van der Waals surface area contributed by atoms with Crippen LogP contribution < -0.4 is 16.1 Å². The summed E-state index contributed by atoms with van der Waals surface area (Å²) in [7, 11) is 0. The molecule has 1 heterocycles. The highest BCUT2D eigenvalue weighted by atomic mass is 16.5. The normalized spacial score (nSPS) is 16.6. The molecule has 1 aromatic heterocycles. The Morgan fingerprint density at radius 2 is 2.00 bits per heavy atom. The van der Waals surface area contributed by atoms with E-state index in [1.54, 1.807) is 6.92 Å². The molecule has 1 saturated carbocycles. The average Bonchev–Trinajstić information content (AvgIpc) is 2.61. The van der Waals surface area contributed by atoms with Crippen molar-refractivity contribution in [1.29, 1.82) is 0 Å². The number of anilines is 1. The fourth-order valence-corrected chi connectivity index (χ4v) is 2.56. The van der Waals surface area contributed by atoms with Crippen molar-refractivity contribution in [2.24, 2.45) is 0 Å². The molecular weight excluding hydrogens is 310 g/mol. The van der Waals surface area contributed by atoms with Crippen LogP contribution in [0.15, 0.2) is 18.5 Å². The second-order valence-corrected chi connectivity index (χ2v) is 5.85. The second kappa shape index (κ2) is 8.97. The average molecular weight is 333 g/mol. The molecule has 0 spiro atoms. The number of carbonyl (C=O) groups excluding carboxylic acids is 2. The molecule has 1 aliphatic carbocycles. The zero-order chi connectivity index (χ0) is 17.4. The molecule has 130 valence electrons. The van der Waals surface area contributed by atoms with Crippen molar-refractivity contribution in [3.8, 4) is 0 Å². The predicted octanol–water partition coefficient (Wildman–Crippen LogP) is 1.24. The number of rotatable bonds is 6. The molecule has 24 heavy (non-hydrogen) atoms. The van der Waals surface area contributed by atoms with Gasteiger partial charge >= 0.3 is 0 Å². The first kappa shape index (κ1) is 17.9. The monoisotopic (exact) mass is 333 g/mol. The van der Waals surface area contributed by atoms with Gasteiger partial charge in [0.1, 0.15) is 11.9 Å². The van der Waals surface area contributed by atoms with E-state index in [0.717, 1.165) is 18.9 Å². The maximum atomic E-state index is 12.2. The smallest absolute Gasteiger partial charge is 0.267 e.